The lowest BCUT2D eigenvalue weighted by Gasteiger charge is -2.08. The number of ether oxygens (including phenoxy) is 1. The van der Waals surface area contributed by atoms with Crippen molar-refractivity contribution in [3.05, 3.63) is 53.3 Å². The molecule has 0 saturated heterocycles. The number of nitrogens with one attached hydrogen (secondary N) is 1. The van der Waals surface area contributed by atoms with Gasteiger partial charge < -0.3 is 4.74 Å². The van der Waals surface area contributed by atoms with Crippen molar-refractivity contribution in [3.63, 3.8) is 0 Å². The zero-order valence-corrected chi connectivity index (χ0v) is 11.9. The molecule has 1 N–H and O–H groups in total. The van der Waals surface area contributed by atoms with Crippen LogP contribution in [0.25, 0.3) is 0 Å². The Morgan fingerprint density at radius 2 is 2.10 bits per heavy atom. The topological polar surface area (TPSA) is 72.8 Å². The highest BCUT2D eigenvalue weighted by molar-refractivity contribution is 6.31. The quantitative estimate of drug-likeness (QED) is 0.534. The molecule has 1 aromatic carbocycles. The maximum atomic E-state index is 11.6. The third-order valence-electron chi connectivity index (χ3n) is 2.44. The number of carbonyl (C=O) groups excluding carboxylic acids is 1. The van der Waals surface area contributed by atoms with Crippen molar-refractivity contribution in [1.82, 2.24) is 4.98 Å². The Kier molecular flexibility index (Phi) is 5.11. The van der Waals surface area contributed by atoms with Gasteiger partial charge in [-0.2, -0.15) is 0 Å². The maximum Gasteiger partial charge on any atom is 0.437 e. The largest absolute Gasteiger partial charge is 0.495 e. The molecule has 0 spiro atoms. The number of nitrogens with zero attached hydrogens (tertiary/aromatic N) is 2. The highest BCUT2D eigenvalue weighted by Gasteiger charge is 2.08. The number of benzene rings is 1. The normalized spacial score (nSPS) is 10.4. The van der Waals surface area contributed by atoms with E-state index in [4.69, 9.17) is 16.3 Å². The molecule has 108 valence electrons. The predicted molar refractivity (Wildman–Crippen MR) is 79.9 cm³/mol. The van der Waals surface area contributed by atoms with Gasteiger partial charge in [0, 0.05) is 17.4 Å². The summed E-state index contributed by atoms with van der Waals surface area (Å²) in [4.78, 5) is 20.2. The van der Waals surface area contributed by atoms with Crippen LogP contribution in [0.15, 0.2) is 47.9 Å². The van der Waals surface area contributed by atoms with E-state index in [1.165, 1.54) is 13.3 Å². The molecule has 2 aromatic rings. The number of rotatable bonds is 4. The number of oxime groups is 1. The molecule has 0 bridgehead atoms. The number of halogens is 1. The number of methoxy groups -OCH3 is 1. The number of amides is 1. The molecule has 0 atom stereocenters. The van der Waals surface area contributed by atoms with Crippen molar-refractivity contribution in [1.29, 1.82) is 0 Å². The molecular weight excluding hydrogens is 294 g/mol. The van der Waals surface area contributed by atoms with Crippen LogP contribution < -0.4 is 10.1 Å². The Hall–Kier alpha value is -2.60. The van der Waals surface area contributed by atoms with Crippen molar-refractivity contribution in [2.45, 2.75) is 0 Å². The summed E-state index contributed by atoms with van der Waals surface area (Å²) < 4.78 is 5.10. The van der Waals surface area contributed by atoms with E-state index in [0.717, 1.165) is 5.56 Å². The number of hydrogen-bond acceptors (Lipinski definition) is 5. The van der Waals surface area contributed by atoms with Crippen LogP contribution in [-0.2, 0) is 4.84 Å². The molecule has 0 radical (unpaired) electrons. The number of pyridine rings is 1. The van der Waals surface area contributed by atoms with Crippen LogP contribution in [-0.4, -0.2) is 24.4 Å². The summed E-state index contributed by atoms with van der Waals surface area (Å²) in [7, 11) is 1.49. The molecule has 0 saturated carbocycles. The van der Waals surface area contributed by atoms with Gasteiger partial charge in [-0.05, 0) is 35.9 Å². The van der Waals surface area contributed by atoms with E-state index in [1.807, 2.05) is 0 Å². The van der Waals surface area contributed by atoms with Gasteiger partial charge in [0.1, 0.15) is 5.75 Å². The van der Waals surface area contributed by atoms with Crippen LogP contribution in [0.5, 0.6) is 5.75 Å². The lowest BCUT2D eigenvalue weighted by atomic mass is 10.3. The van der Waals surface area contributed by atoms with E-state index < -0.39 is 6.09 Å². The number of hydrogen-bond donors (Lipinski definition) is 1. The zero-order chi connectivity index (χ0) is 15.1. The molecule has 2 rings (SSSR count). The summed E-state index contributed by atoms with van der Waals surface area (Å²) in [5, 5.41) is 6.53. The van der Waals surface area contributed by atoms with E-state index in [9.17, 15) is 4.79 Å². The van der Waals surface area contributed by atoms with E-state index in [0.29, 0.717) is 16.5 Å². The molecule has 21 heavy (non-hydrogen) atoms. The number of carbonyl (C=O) groups is 1. The minimum absolute atomic E-state index is 0.397. The fraction of sp³-hybridized carbons (Fsp3) is 0.0714. The summed E-state index contributed by atoms with van der Waals surface area (Å²) in [5.41, 5.74) is 1.16. The van der Waals surface area contributed by atoms with Crippen molar-refractivity contribution < 1.29 is 14.4 Å². The first-order valence-corrected chi connectivity index (χ1v) is 6.32. The van der Waals surface area contributed by atoms with Crippen molar-refractivity contribution in [3.8, 4) is 5.75 Å². The molecule has 1 aromatic heterocycles. The van der Waals surface area contributed by atoms with Gasteiger partial charge >= 0.3 is 6.09 Å². The fourth-order valence-electron chi connectivity index (χ4n) is 1.50. The summed E-state index contributed by atoms with van der Waals surface area (Å²) in [5.74, 6) is 0.467. The lowest BCUT2D eigenvalue weighted by Crippen LogP contribution is -2.11. The van der Waals surface area contributed by atoms with E-state index in [2.05, 4.69) is 20.3 Å². The second kappa shape index (κ2) is 7.25. The molecule has 0 fully saturated rings. The third-order valence-corrected chi connectivity index (χ3v) is 2.68. The van der Waals surface area contributed by atoms with Crippen molar-refractivity contribution >= 4 is 29.6 Å². The van der Waals surface area contributed by atoms with Crippen LogP contribution in [0, 0.1) is 0 Å². The molecule has 7 heteroatoms. The van der Waals surface area contributed by atoms with Gasteiger partial charge in [0.25, 0.3) is 0 Å². The van der Waals surface area contributed by atoms with Crippen molar-refractivity contribution in [2.24, 2.45) is 5.16 Å². The smallest absolute Gasteiger partial charge is 0.437 e. The Balaban J connectivity index is 1.96. The molecule has 1 heterocycles. The summed E-state index contributed by atoms with van der Waals surface area (Å²) in [6.07, 6.45) is 3.87. The maximum absolute atomic E-state index is 11.6. The Morgan fingerprint density at radius 3 is 2.81 bits per heavy atom. The van der Waals surface area contributed by atoms with Gasteiger partial charge in [-0.25, -0.2) is 4.79 Å². The monoisotopic (exact) mass is 305 g/mol. The van der Waals surface area contributed by atoms with Gasteiger partial charge in [0.15, 0.2) is 0 Å². The number of aromatic nitrogens is 1. The van der Waals surface area contributed by atoms with Crippen LogP contribution in [0.4, 0.5) is 10.5 Å². The van der Waals surface area contributed by atoms with Gasteiger partial charge in [-0.15, -0.1) is 0 Å². The van der Waals surface area contributed by atoms with Crippen molar-refractivity contribution in [2.75, 3.05) is 12.4 Å². The Labute approximate surface area is 126 Å². The van der Waals surface area contributed by atoms with Crippen LogP contribution in [0.1, 0.15) is 5.56 Å². The molecule has 1 amide bonds. The van der Waals surface area contributed by atoms with Gasteiger partial charge in [0.2, 0.25) is 0 Å². The summed E-state index contributed by atoms with van der Waals surface area (Å²) >= 11 is 5.86. The number of anilines is 1. The molecule has 0 aliphatic carbocycles. The van der Waals surface area contributed by atoms with Gasteiger partial charge in [-0.1, -0.05) is 16.8 Å². The first kappa shape index (κ1) is 14.8. The Morgan fingerprint density at radius 1 is 1.33 bits per heavy atom. The summed E-state index contributed by atoms with van der Waals surface area (Å²) in [6, 6.07) is 8.29. The van der Waals surface area contributed by atoms with Crippen LogP contribution in [0.2, 0.25) is 5.02 Å². The molecule has 0 aliphatic heterocycles. The first-order valence-electron chi connectivity index (χ1n) is 5.94. The Bertz CT molecular complexity index is 647. The minimum atomic E-state index is -0.749. The van der Waals surface area contributed by atoms with Gasteiger partial charge in [-0.3, -0.25) is 15.1 Å². The van der Waals surface area contributed by atoms with Crippen LogP contribution in [0.3, 0.4) is 0 Å². The van der Waals surface area contributed by atoms with Crippen LogP contribution >= 0.6 is 11.6 Å². The van der Waals surface area contributed by atoms with E-state index >= 15 is 0 Å². The average molecular weight is 306 g/mol. The lowest BCUT2D eigenvalue weighted by molar-refractivity contribution is 0.167. The second-order valence-corrected chi connectivity index (χ2v) is 4.30. The van der Waals surface area contributed by atoms with E-state index in [-0.39, 0.29) is 0 Å². The highest BCUT2D eigenvalue weighted by Crippen LogP contribution is 2.27. The predicted octanol–water partition coefficient (Wildman–Crippen LogP) is 3.33. The zero-order valence-electron chi connectivity index (χ0n) is 11.1. The average Bonchev–Trinajstić information content (AvgIpc) is 2.48. The fourth-order valence-corrected chi connectivity index (χ4v) is 1.67. The molecule has 0 aliphatic rings. The minimum Gasteiger partial charge on any atom is -0.495 e. The molecule has 0 unspecified atom stereocenters. The van der Waals surface area contributed by atoms with Gasteiger partial charge in [0.05, 0.1) is 19.0 Å². The first-order chi connectivity index (χ1) is 10.2. The third kappa shape index (κ3) is 4.47. The molecule has 6 nitrogen and oxygen atoms in total. The molecular formula is C14H12ClN3O3. The standard InChI is InChI=1S/C14H12ClN3O3/c1-20-13-3-2-11(15)8-12(13)18-14(19)21-17-9-10-4-6-16-7-5-10/h2-9H,1H3,(H,18,19)/b17-9+. The summed E-state index contributed by atoms with van der Waals surface area (Å²) in [6.45, 7) is 0. The highest BCUT2D eigenvalue weighted by atomic mass is 35.5. The SMILES string of the molecule is COc1ccc(Cl)cc1NC(=O)O/N=C/c1ccncc1. The van der Waals surface area contributed by atoms with E-state index in [1.54, 1.807) is 42.7 Å². The second-order valence-electron chi connectivity index (χ2n) is 3.86.